The summed E-state index contributed by atoms with van der Waals surface area (Å²) in [5, 5.41) is 12.6. The molecule has 0 radical (unpaired) electrons. The van der Waals surface area contributed by atoms with Crippen LogP contribution in [0.1, 0.15) is 43.9 Å². The Balaban J connectivity index is 2.41. The summed E-state index contributed by atoms with van der Waals surface area (Å²) in [5.74, 6) is 0.162. The predicted molar refractivity (Wildman–Crippen MR) is 58.9 cm³/mol. The highest BCUT2D eigenvalue weighted by molar-refractivity contribution is 5.42. The SMILES string of the molecule is CC(N=O)c1cc(C2(C)CC2)ccc1O. The Morgan fingerprint density at radius 3 is 2.67 bits per heavy atom. The normalized spacial score (nSPS) is 19.6. The molecule has 0 aromatic heterocycles. The fourth-order valence-electron chi connectivity index (χ4n) is 1.80. The third-order valence-corrected chi connectivity index (χ3v) is 3.33. The minimum atomic E-state index is -0.479. The zero-order chi connectivity index (χ0) is 11.1. The van der Waals surface area contributed by atoms with E-state index in [2.05, 4.69) is 12.1 Å². The van der Waals surface area contributed by atoms with Crippen LogP contribution in [-0.4, -0.2) is 5.11 Å². The molecular weight excluding hydrogens is 190 g/mol. The molecule has 0 spiro atoms. The Hall–Kier alpha value is -1.38. The Labute approximate surface area is 89.1 Å². The van der Waals surface area contributed by atoms with E-state index in [1.165, 1.54) is 18.4 Å². The molecule has 1 aromatic rings. The molecule has 1 N–H and O–H groups in total. The van der Waals surface area contributed by atoms with Gasteiger partial charge in [0.2, 0.25) is 0 Å². The van der Waals surface area contributed by atoms with Gasteiger partial charge < -0.3 is 5.11 Å². The molecule has 1 unspecified atom stereocenters. The Kier molecular flexibility index (Phi) is 2.25. The van der Waals surface area contributed by atoms with Crippen molar-refractivity contribution >= 4 is 0 Å². The van der Waals surface area contributed by atoms with Gasteiger partial charge in [0.15, 0.2) is 0 Å². The average Bonchev–Trinajstić information content (AvgIpc) is 2.97. The summed E-state index contributed by atoms with van der Waals surface area (Å²) in [4.78, 5) is 10.5. The molecule has 2 rings (SSSR count). The maximum Gasteiger partial charge on any atom is 0.121 e. The number of hydrogen-bond acceptors (Lipinski definition) is 3. The van der Waals surface area contributed by atoms with E-state index >= 15 is 0 Å². The largest absolute Gasteiger partial charge is 0.508 e. The number of nitrogens with zero attached hydrogens (tertiary/aromatic N) is 1. The van der Waals surface area contributed by atoms with Gasteiger partial charge in [-0.15, -0.1) is 0 Å². The first kappa shape index (κ1) is 10.1. The van der Waals surface area contributed by atoms with Crippen LogP contribution in [-0.2, 0) is 5.41 Å². The molecule has 1 saturated carbocycles. The van der Waals surface area contributed by atoms with Crippen LogP contribution in [0.5, 0.6) is 5.75 Å². The number of phenols is 1. The highest BCUT2D eigenvalue weighted by Gasteiger charge is 2.39. The maximum absolute atomic E-state index is 10.5. The molecule has 0 amide bonds. The van der Waals surface area contributed by atoms with Crippen LogP contribution in [0.2, 0.25) is 0 Å². The highest BCUT2D eigenvalue weighted by atomic mass is 16.3. The van der Waals surface area contributed by atoms with Crippen molar-refractivity contribution in [3.8, 4) is 5.75 Å². The van der Waals surface area contributed by atoms with Crippen LogP contribution in [0.25, 0.3) is 0 Å². The van der Waals surface area contributed by atoms with E-state index in [0.717, 1.165) is 0 Å². The van der Waals surface area contributed by atoms with E-state index in [-0.39, 0.29) is 11.2 Å². The van der Waals surface area contributed by atoms with E-state index in [4.69, 9.17) is 0 Å². The third kappa shape index (κ3) is 1.74. The topological polar surface area (TPSA) is 49.7 Å². The summed E-state index contributed by atoms with van der Waals surface area (Å²) in [6.45, 7) is 3.89. The van der Waals surface area contributed by atoms with Crippen molar-refractivity contribution in [2.75, 3.05) is 0 Å². The van der Waals surface area contributed by atoms with Gasteiger partial charge in [0.05, 0.1) is 0 Å². The second kappa shape index (κ2) is 3.33. The molecule has 0 aliphatic heterocycles. The molecule has 3 heteroatoms. The smallest absolute Gasteiger partial charge is 0.121 e. The van der Waals surface area contributed by atoms with Crippen molar-refractivity contribution < 1.29 is 5.11 Å². The second-order valence-electron chi connectivity index (χ2n) is 4.62. The summed E-state index contributed by atoms with van der Waals surface area (Å²) >= 11 is 0. The molecule has 80 valence electrons. The van der Waals surface area contributed by atoms with Gasteiger partial charge in [-0.2, -0.15) is 4.91 Å². The van der Waals surface area contributed by atoms with E-state index in [9.17, 15) is 10.0 Å². The summed E-state index contributed by atoms with van der Waals surface area (Å²) in [5.41, 5.74) is 2.09. The predicted octanol–water partition coefficient (Wildman–Crippen LogP) is 3.27. The van der Waals surface area contributed by atoms with Crippen molar-refractivity contribution in [3.05, 3.63) is 34.2 Å². The van der Waals surface area contributed by atoms with Crippen LogP contribution in [0.3, 0.4) is 0 Å². The lowest BCUT2D eigenvalue weighted by molar-refractivity contribution is 0.463. The van der Waals surface area contributed by atoms with Gasteiger partial charge >= 0.3 is 0 Å². The van der Waals surface area contributed by atoms with Crippen molar-refractivity contribution in [2.24, 2.45) is 5.18 Å². The van der Waals surface area contributed by atoms with Crippen molar-refractivity contribution in [1.29, 1.82) is 0 Å². The standard InChI is InChI=1S/C12H15NO2/c1-8(13-15)10-7-9(3-4-11(10)14)12(2)5-6-12/h3-4,7-8,14H,5-6H2,1-2H3. The summed E-state index contributed by atoms with van der Waals surface area (Å²) < 4.78 is 0. The molecule has 1 aliphatic carbocycles. The molecule has 1 atom stereocenters. The quantitative estimate of drug-likeness (QED) is 0.770. The monoisotopic (exact) mass is 205 g/mol. The molecular formula is C12H15NO2. The maximum atomic E-state index is 10.5. The molecule has 1 aromatic carbocycles. The highest BCUT2D eigenvalue weighted by Crippen LogP contribution is 2.48. The molecule has 3 nitrogen and oxygen atoms in total. The molecule has 0 heterocycles. The zero-order valence-electron chi connectivity index (χ0n) is 9.03. The Morgan fingerprint density at radius 2 is 2.13 bits per heavy atom. The zero-order valence-corrected chi connectivity index (χ0v) is 9.03. The van der Waals surface area contributed by atoms with Crippen LogP contribution in [0.4, 0.5) is 0 Å². The minimum absolute atomic E-state index is 0.162. The summed E-state index contributed by atoms with van der Waals surface area (Å²) in [6.07, 6.45) is 2.36. The lowest BCUT2D eigenvalue weighted by Crippen LogP contribution is -2.01. The number of aromatic hydroxyl groups is 1. The first-order valence-electron chi connectivity index (χ1n) is 5.23. The summed E-state index contributed by atoms with van der Waals surface area (Å²) in [7, 11) is 0. The van der Waals surface area contributed by atoms with Gasteiger partial charge in [-0.25, -0.2) is 0 Å². The van der Waals surface area contributed by atoms with Crippen LogP contribution in [0, 0.1) is 4.91 Å². The van der Waals surface area contributed by atoms with Crippen LogP contribution in [0.15, 0.2) is 23.4 Å². The van der Waals surface area contributed by atoms with E-state index in [1.807, 2.05) is 12.1 Å². The van der Waals surface area contributed by atoms with E-state index < -0.39 is 6.04 Å². The fourth-order valence-corrected chi connectivity index (χ4v) is 1.80. The summed E-state index contributed by atoms with van der Waals surface area (Å²) in [6, 6.07) is 5.03. The lowest BCUT2D eigenvalue weighted by Gasteiger charge is -2.13. The number of benzene rings is 1. The number of phenolic OH excluding ortho intramolecular Hbond substituents is 1. The van der Waals surface area contributed by atoms with Crippen molar-refractivity contribution in [1.82, 2.24) is 0 Å². The molecule has 1 aliphatic rings. The first-order chi connectivity index (χ1) is 7.07. The van der Waals surface area contributed by atoms with Crippen molar-refractivity contribution in [2.45, 2.75) is 38.1 Å². The van der Waals surface area contributed by atoms with Gasteiger partial charge in [-0.3, -0.25) is 0 Å². The van der Waals surface area contributed by atoms with Gasteiger partial charge in [0.25, 0.3) is 0 Å². The van der Waals surface area contributed by atoms with E-state index in [0.29, 0.717) is 5.56 Å². The molecule has 1 fully saturated rings. The van der Waals surface area contributed by atoms with Crippen LogP contribution >= 0.6 is 0 Å². The lowest BCUT2D eigenvalue weighted by atomic mass is 9.94. The van der Waals surface area contributed by atoms with Gasteiger partial charge in [-0.05, 0) is 42.9 Å². The second-order valence-corrected chi connectivity index (χ2v) is 4.62. The third-order valence-electron chi connectivity index (χ3n) is 3.33. The minimum Gasteiger partial charge on any atom is -0.508 e. The van der Waals surface area contributed by atoms with E-state index in [1.54, 1.807) is 13.0 Å². The fraction of sp³-hybridized carbons (Fsp3) is 0.500. The average molecular weight is 205 g/mol. The van der Waals surface area contributed by atoms with Crippen molar-refractivity contribution in [3.63, 3.8) is 0 Å². The first-order valence-corrected chi connectivity index (χ1v) is 5.23. The van der Waals surface area contributed by atoms with Crippen LogP contribution < -0.4 is 0 Å². The Morgan fingerprint density at radius 1 is 1.47 bits per heavy atom. The number of hydrogen-bond donors (Lipinski definition) is 1. The van der Waals surface area contributed by atoms with Gasteiger partial charge in [0, 0.05) is 5.56 Å². The Bertz CT molecular complexity index is 397. The van der Waals surface area contributed by atoms with Gasteiger partial charge in [-0.1, -0.05) is 18.2 Å². The molecule has 0 bridgehead atoms. The van der Waals surface area contributed by atoms with Gasteiger partial charge in [0.1, 0.15) is 11.8 Å². The number of rotatable bonds is 3. The molecule has 15 heavy (non-hydrogen) atoms. The number of nitroso groups, excluding NO2 is 1. The molecule has 0 saturated heterocycles.